The highest BCUT2D eigenvalue weighted by molar-refractivity contribution is 7.92. The van der Waals surface area contributed by atoms with Gasteiger partial charge in [-0.1, -0.05) is 24.3 Å². The SMILES string of the molecule is COc1ccc(NS(=O)(=O)c2cccc(C(=O)NNC(=S)Nc3ccccc3C)c2)cc1. The summed E-state index contributed by atoms with van der Waals surface area (Å²) in [6.45, 7) is 1.93. The molecule has 0 heterocycles. The molecule has 0 aliphatic rings. The van der Waals surface area contributed by atoms with Gasteiger partial charge in [-0.25, -0.2) is 8.42 Å². The number of amides is 1. The van der Waals surface area contributed by atoms with Crippen molar-refractivity contribution in [3.63, 3.8) is 0 Å². The molecule has 0 spiro atoms. The van der Waals surface area contributed by atoms with Crippen molar-refractivity contribution >= 4 is 44.6 Å². The minimum atomic E-state index is -3.90. The zero-order chi connectivity index (χ0) is 23.1. The molecule has 0 aromatic heterocycles. The van der Waals surface area contributed by atoms with Gasteiger partial charge in [0.1, 0.15) is 5.75 Å². The van der Waals surface area contributed by atoms with E-state index in [-0.39, 0.29) is 15.6 Å². The fraction of sp³-hybridized carbons (Fsp3) is 0.0909. The van der Waals surface area contributed by atoms with Crippen LogP contribution < -0.4 is 25.6 Å². The Labute approximate surface area is 192 Å². The van der Waals surface area contributed by atoms with Crippen molar-refractivity contribution in [2.45, 2.75) is 11.8 Å². The number of aryl methyl sites for hydroxylation is 1. The lowest BCUT2D eigenvalue weighted by Crippen LogP contribution is -2.43. The number of para-hydroxylation sites is 1. The Balaban J connectivity index is 1.64. The topological polar surface area (TPSA) is 109 Å². The van der Waals surface area contributed by atoms with Crippen LogP contribution in [0.1, 0.15) is 15.9 Å². The first-order valence-corrected chi connectivity index (χ1v) is 11.4. The Bertz CT molecular complexity index is 1230. The molecule has 0 fully saturated rings. The zero-order valence-electron chi connectivity index (χ0n) is 17.4. The number of nitrogens with one attached hydrogen (secondary N) is 4. The zero-order valence-corrected chi connectivity index (χ0v) is 19.0. The number of ether oxygens (including phenoxy) is 1. The minimum absolute atomic E-state index is 0.0541. The van der Waals surface area contributed by atoms with Gasteiger partial charge in [0, 0.05) is 16.9 Å². The van der Waals surface area contributed by atoms with E-state index in [2.05, 4.69) is 20.9 Å². The van der Waals surface area contributed by atoms with Gasteiger partial charge >= 0.3 is 0 Å². The van der Waals surface area contributed by atoms with Gasteiger partial charge in [-0.15, -0.1) is 0 Å². The molecular weight excluding hydrogens is 448 g/mol. The molecular formula is C22H22N4O4S2. The summed E-state index contributed by atoms with van der Waals surface area (Å²) in [5, 5.41) is 3.17. The summed E-state index contributed by atoms with van der Waals surface area (Å²) in [6.07, 6.45) is 0. The quantitative estimate of drug-likeness (QED) is 0.323. The lowest BCUT2D eigenvalue weighted by Gasteiger charge is -2.13. The van der Waals surface area contributed by atoms with Crippen LogP contribution in [0.2, 0.25) is 0 Å². The van der Waals surface area contributed by atoms with E-state index in [0.29, 0.717) is 11.4 Å². The number of carbonyl (C=O) groups excluding carboxylic acids is 1. The molecule has 4 N–H and O–H groups in total. The van der Waals surface area contributed by atoms with E-state index < -0.39 is 15.9 Å². The Morgan fingerprint density at radius 3 is 2.34 bits per heavy atom. The number of hydrazine groups is 1. The summed E-state index contributed by atoms with van der Waals surface area (Å²) >= 11 is 5.19. The summed E-state index contributed by atoms with van der Waals surface area (Å²) < 4.78 is 33.0. The standard InChI is InChI=1S/C22H22N4O4S2/c1-15-6-3-4-9-20(15)23-22(31)25-24-21(27)16-7-5-8-19(14-16)32(28,29)26-17-10-12-18(30-2)13-11-17/h3-14,26H,1-2H3,(H,24,27)(H2,23,25,31). The molecule has 0 radical (unpaired) electrons. The van der Waals surface area contributed by atoms with Crippen LogP contribution in [0.3, 0.4) is 0 Å². The molecule has 0 saturated heterocycles. The molecule has 0 bridgehead atoms. The molecule has 0 aliphatic heterocycles. The van der Waals surface area contributed by atoms with Gasteiger partial charge in [0.15, 0.2) is 5.11 Å². The summed E-state index contributed by atoms with van der Waals surface area (Å²) in [6, 6.07) is 19.7. The second-order valence-corrected chi connectivity index (χ2v) is 8.80. The normalized spacial score (nSPS) is 10.7. The van der Waals surface area contributed by atoms with Crippen LogP contribution in [0.4, 0.5) is 11.4 Å². The molecule has 0 unspecified atom stereocenters. The first-order valence-electron chi connectivity index (χ1n) is 9.48. The van der Waals surface area contributed by atoms with E-state index in [0.717, 1.165) is 11.3 Å². The van der Waals surface area contributed by atoms with E-state index >= 15 is 0 Å². The summed E-state index contributed by atoms with van der Waals surface area (Å²) in [5.74, 6) is 0.0642. The molecule has 32 heavy (non-hydrogen) atoms. The molecule has 0 atom stereocenters. The lowest BCUT2D eigenvalue weighted by molar-refractivity contribution is 0.0944. The average Bonchev–Trinajstić information content (AvgIpc) is 2.79. The molecule has 1 amide bonds. The van der Waals surface area contributed by atoms with E-state index in [9.17, 15) is 13.2 Å². The van der Waals surface area contributed by atoms with Gasteiger partial charge in [-0.05, 0) is 73.2 Å². The Kier molecular flexibility index (Phi) is 7.29. The molecule has 10 heteroatoms. The number of anilines is 2. The molecule has 3 aromatic carbocycles. The maximum atomic E-state index is 12.7. The van der Waals surface area contributed by atoms with Crippen LogP contribution in [-0.2, 0) is 10.0 Å². The molecule has 3 rings (SSSR count). The predicted molar refractivity (Wildman–Crippen MR) is 128 cm³/mol. The Morgan fingerprint density at radius 1 is 0.938 bits per heavy atom. The van der Waals surface area contributed by atoms with Crippen molar-refractivity contribution in [2.24, 2.45) is 0 Å². The maximum Gasteiger partial charge on any atom is 0.269 e. The number of carbonyl (C=O) groups is 1. The Hall–Kier alpha value is -3.63. The molecule has 0 saturated carbocycles. The van der Waals surface area contributed by atoms with Gasteiger partial charge in [0.05, 0.1) is 12.0 Å². The monoisotopic (exact) mass is 470 g/mol. The van der Waals surface area contributed by atoms with Crippen molar-refractivity contribution in [3.05, 3.63) is 83.9 Å². The number of sulfonamides is 1. The predicted octanol–water partition coefficient (Wildman–Crippen LogP) is 3.44. The van der Waals surface area contributed by atoms with E-state index in [1.54, 1.807) is 24.3 Å². The van der Waals surface area contributed by atoms with E-state index in [4.69, 9.17) is 17.0 Å². The van der Waals surface area contributed by atoms with Crippen LogP contribution in [-0.4, -0.2) is 26.5 Å². The highest BCUT2D eigenvalue weighted by Crippen LogP contribution is 2.20. The molecule has 8 nitrogen and oxygen atoms in total. The second-order valence-electron chi connectivity index (χ2n) is 6.71. The summed E-state index contributed by atoms with van der Waals surface area (Å²) in [7, 11) is -2.37. The average molecular weight is 471 g/mol. The number of hydrogen-bond acceptors (Lipinski definition) is 5. The van der Waals surface area contributed by atoms with Gasteiger partial charge in [0.25, 0.3) is 15.9 Å². The third-order valence-corrected chi connectivity index (χ3v) is 6.01. The first kappa shape index (κ1) is 23.0. The van der Waals surface area contributed by atoms with Crippen LogP contribution in [0.25, 0.3) is 0 Å². The summed E-state index contributed by atoms with van der Waals surface area (Å²) in [5.41, 5.74) is 7.38. The number of methoxy groups -OCH3 is 1. The van der Waals surface area contributed by atoms with Gasteiger partial charge in [0.2, 0.25) is 0 Å². The number of rotatable bonds is 6. The van der Waals surface area contributed by atoms with Crippen molar-refractivity contribution in [2.75, 3.05) is 17.1 Å². The Morgan fingerprint density at radius 2 is 1.66 bits per heavy atom. The second kappa shape index (κ2) is 10.1. The maximum absolute atomic E-state index is 12.7. The van der Waals surface area contributed by atoms with Crippen LogP contribution in [0.15, 0.2) is 77.7 Å². The summed E-state index contributed by atoms with van der Waals surface area (Å²) in [4.78, 5) is 12.4. The van der Waals surface area contributed by atoms with Crippen molar-refractivity contribution < 1.29 is 17.9 Å². The van der Waals surface area contributed by atoms with Gasteiger partial charge in [-0.3, -0.25) is 20.4 Å². The van der Waals surface area contributed by atoms with E-state index in [1.807, 2.05) is 31.2 Å². The minimum Gasteiger partial charge on any atom is -0.497 e. The molecule has 3 aromatic rings. The number of thiocarbonyl (C=S) groups is 1. The van der Waals surface area contributed by atoms with Gasteiger partial charge < -0.3 is 10.1 Å². The smallest absolute Gasteiger partial charge is 0.269 e. The van der Waals surface area contributed by atoms with E-state index in [1.165, 1.54) is 31.4 Å². The van der Waals surface area contributed by atoms with Crippen molar-refractivity contribution in [1.82, 2.24) is 10.9 Å². The first-order chi connectivity index (χ1) is 15.3. The fourth-order valence-corrected chi connectivity index (χ4v) is 4.00. The lowest BCUT2D eigenvalue weighted by atomic mass is 10.2. The molecule has 0 aliphatic carbocycles. The van der Waals surface area contributed by atoms with Crippen LogP contribution >= 0.6 is 12.2 Å². The van der Waals surface area contributed by atoms with Crippen LogP contribution in [0.5, 0.6) is 5.75 Å². The fourth-order valence-electron chi connectivity index (χ4n) is 2.73. The van der Waals surface area contributed by atoms with Gasteiger partial charge in [-0.2, -0.15) is 0 Å². The third-order valence-electron chi connectivity index (χ3n) is 4.43. The number of hydrogen-bond donors (Lipinski definition) is 4. The van der Waals surface area contributed by atoms with Crippen molar-refractivity contribution in [1.29, 1.82) is 0 Å². The highest BCUT2D eigenvalue weighted by atomic mass is 32.2. The largest absolute Gasteiger partial charge is 0.497 e. The third kappa shape index (κ3) is 5.96. The highest BCUT2D eigenvalue weighted by Gasteiger charge is 2.17. The van der Waals surface area contributed by atoms with Crippen LogP contribution in [0, 0.1) is 6.92 Å². The molecule has 166 valence electrons. The number of benzene rings is 3. The van der Waals surface area contributed by atoms with Crippen molar-refractivity contribution in [3.8, 4) is 5.75 Å².